The first-order chi connectivity index (χ1) is 28.4. The Morgan fingerprint density at radius 2 is 1.95 bits per heavy atom. The molecule has 2 N–H and O–H groups in total. The number of hydrogen-bond donors (Lipinski definition) is 2. The first kappa shape index (κ1) is 42.9. The van der Waals surface area contributed by atoms with Crippen LogP contribution in [0.5, 0.6) is 0 Å². The summed E-state index contributed by atoms with van der Waals surface area (Å²) in [5, 5.41) is 8.23. The minimum atomic E-state index is -1.08. The molecule has 0 spiro atoms. The van der Waals surface area contributed by atoms with E-state index in [2.05, 4.69) is 84.0 Å². The smallest absolute Gasteiger partial charge is 0.259 e. The van der Waals surface area contributed by atoms with Crippen molar-refractivity contribution < 1.29 is 23.9 Å². The number of hydrazine groups is 1. The Balaban J connectivity index is 1.37. The fourth-order valence-corrected chi connectivity index (χ4v) is 9.83. The Bertz CT molecular complexity index is 2140. The highest BCUT2D eigenvalue weighted by Crippen LogP contribution is 2.43. The number of unbranched alkanes of at least 4 members (excludes halogenated alkanes) is 1. The summed E-state index contributed by atoms with van der Waals surface area (Å²) in [7, 11) is 1.74. The summed E-state index contributed by atoms with van der Waals surface area (Å²) in [5.41, 5.74) is 10.1. The van der Waals surface area contributed by atoms with Crippen molar-refractivity contribution in [3.63, 3.8) is 0 Å². The quantitative estimate of drug-likeness (QED) is 0.179. The lowest BCUT2D eigenvalue weighted by Crippen LogP contribution is -2.66. The van der Waals surface area contributed by atoms with E-state index in [1.807, 2.05) is 11.6 Å². The molecule has 59 heavy (non-hydrogen) atoms. The van der Waals surface area contributed by atoms with Gasteiger partial charge in [-0.1, -0.05) is 33.3 Å². The van der Waals surface area contributed by atoms with Crippen LogP contribution in [-0.4, -0.2) is 114 Å². The number of anilines is 1. The number of aryl methyl sites for hydroxylation is 1. The van der Waals surface area contributed by atoms with Crippen LogP contribution >= 0.6 is 11.3 Å². The van der Waals surface area contributed by atoms with Gasteiger partial charge in [-0.05, 0) is 75.3 Å². The topological polar surface area (TPSA) is 134 Å². The molecule has 7 rings (SSSR count). The number of nitrogens with zero attached hydrogens (tertiary/aromatic N) is 6. The number of ether oxygens (including phenoxy) is 2. The van der Waals surface area contributed by atoms with Crippen LogP contribution < -0.4 is 15.6 Å². The van der Waals surface area contributed by atoms with Crippen molar-refractivity contribution in [3.8, 4) is 22.5 Å². The molecule has 0 saturated carbocycles. The highest BCUT2D eigenvalue weighted by molar-refractivity contribution is 7.10. The predicted molar refractivity (Wildman–Crippen MR) is 233 cm³/mol. The van der Waals surface area contributed by atoms with Crippen LogP contribution in [0.1, 0.15) is 89.6 Å². The summed E-state index contributed by atoms with van der Waals surface area (Å²) >= 11 is 1.47. The number of piperazine rings is 1. The van der Waals surface area contributed by atoms with Crippen LogP contribution in [0.2, 0.25) is 0 Å². The summed E-state index contributed by atoms with van der Waals surface area (Å²) in [6.45, 7) is 19.1. The van der Waals surface area contributed by atoms with Crippen LogP contribution in [0.15, 0.2) is 35.8 Å². The van der Waals surface area contributed by atoms with Gasteiger partial charge >= 0.3 is 0 Å². The first-order valence-electron chi connectivity index (χ1n) is 21.4. The second-order valence-electron chi connectivity index (χ2n) is 17.4. The lowest BCUT2D eigenvalue weighted by molar-refractivity contribution is -0.146. The fourth-order valence-electron chi connectivity index (χ4n) is 8.98. The molecule has 318 valence electrons. The van der Waals surface area contributed by atoms with Gasteiger partial charge in [-0.3, -0.25) is 24.5 Å². The number of methoxy groups -OCH3 is 1. The molecule has 14 heteroatoms. The van der Waals surface area contributed by atoms with Gasteiger partial charge in [0.1, 0.15) is 17.9 Å². The maximum absolute atomic E-state index is 14.0. The number of thiazole rings is 1. The van der Waals surface area contributed by atoms with Crippen molar-refractivity contribution in [2.75, 3.05) is 64.5 Å². The van der Waals surface area contributed by atoms with Gasteiger partial charge in [0, 0.05) is 87.1 Å². The second-order valence-corrected chi connectivity index (χ2v) is 18.3. The van der Waals surface area contributed by atoms with E-state index < -0.39 is 11.6 Å². The molecule has 0 radical (unpaired) electrons. The lowest BCUT2D eigenvalue weighted by Gasteiger charge is -2.41. The third-order valence-electron chi connectivity index (χ3n) is 12.2. The van der Waals surface area contributed by atoms with E-state index in [0.717, 1.165) is 95.4 Å². The second kappa shape index (κ2) is 18.2. The molecule has 6 heterocycles. The molecule has 0 unspecified atom stereocenters. The third-order valence-corrected chi connectivity index (χ3v) is 13.1. The van der Waals surface area contributed by atoms with Crippen LogP contribution in [0.25, 0.3) is 33.4 Å². The zero-order chi connectivity index (χ0) is 41.9. The van der Waals surface area contributed by atoms with Crippen molar-refractivity contribution in [1.29, 1.82) is 0 Å². The van der Waals surface area contributed by atoms with Crippen LogP contribution in [-0.2, 0) is 43.2 Å². The number of rotatable bonds is 10. The Labute approximate surface area is 352 Å². The molecular formula is C45H62N8O5S. The highest BCUT2D eigenvalue weighted by atomic mass is 32.1. The maximum atomic E-state index is 14.0. The minimum absolute atomic E-state index is 0.102. The number of benzene rings is 1. The van der Waals surface area contributed by atoms with Crippen molar-refractivity contribution in [1.82, 2.24) is 35.2 Å². The van der Waals surface area contributed by atoms with E-state index in [1.165, 1.54) is 41.7 Å². The van der Waals surface area contributed by atoms with E-state index in [1.54, 1.807) is 7.11 Å². The summed E-state index contributed by atoms with van der Waals surface area (Å²) in [6.07, 6.45) is 7.12. The van der Waals surface area contributed by atoms with E-state index >= 15 is 0 Å². The average molecular weight is 827 g/mol. The molecule has 3 aliphatic rings. The monoisotopic (exact) mass is 826 g/mol. The summed E-state index contributed by atoms with van der Waals surface area (Å²) < 4.78 is 14.9. The molecular weight excluding hydrogens is 765 g/mol. The highest BCUT2D eigenvalue weighted by Gasteiger charge is 2.40. The van der Waals surface area contributed by atoms with Crippen molar-refractivity contribution >= 4 is 46.0 Å². The summed E-state index contributed by atoms with van der Waals surface area (Å²) in [4.78, 5) is 54.4. The van der Waals surface area contributed by atoms with Crippen LogP contribution in [0.4, 0.5) is 5.69 Å². The van der Waals surface area contributed by atoms with E-state index in [-0.39, 0.29) is 36.4 Å². The van der Waals surface area contributed by atoms with Gasteiger partial charge in [-0.25, -0.2) is 10.4 Å². The van der Waals surface area contributed by atoms with Gasteiger partial charge in [0.15, 0.2) is 0 Å². The molecule has 3 aromatic heterocycles. The average Bonchev–Trinajstić information content (AvgIpc) is 3.83. The Kier molecular flexibility index (Phi) is 13.2. The number of carbonyl (C=O) groups excluding carboxylic acids is 3. The number of fused-ring (bicyclic) bond motifs is 6. The maximum Gasteiger partial charge on any atom is 0.259 e. The third kappa shape index (κ3) is 9.26. The molecule has 2 saturated heterocycles. The van der Waals surface area contributed by atoms with Crippen LogP contribution in [0.3, 0.4) is 0 Å². The Morgan fingerprint density at radius 3 is 2.66 bits per heavy atom. The zero-order valence-corrected chi connectivity index (χ0v) is 36.8. The number of pyridine rings is 1. The van der Waals surface area contributed by atoms with Crippen LogP contribution in [0, 0.1) is 5.41 Å². The molecule has 3 atom stereocenters. The zero-order valence-electron chi connectivity index (χ0n) is 35.9. The predicted octanol–water partition coefficient (Wildman–Crippen LogP) is 6.19. The number of aromatic nitrogens is 3. The van der Waals surface area contributed by atoms with E-state index in [9.17, 15) is 14.4 Å². The number of amides is 2. The molecule has 13 nitrogen and oxygen atoms in total. The minimum Gasteiger partial charge on any atom is -0.378 e. The normalized spacial score (nSPS) is 22.3. The Morgan fingerprint density at radius 1 is 1.15 bits per heavy atom. The van der Waals surface area contributed by atoms with Gasteiger partial charge in [0.25, 0.3) is 5.91 Å². The first-order valence-corrected chi connectivity index (χ1v) is 22.3. The Hall–Kier alpha value is -4.21. The number of nitrogens with one attached hydrogen (secondary N) is 2. The standard InChI is InChI=1S/C45H62N8O5S/c1-8-10-15-50-17-19-51(20-18-50)33-22-35(41(46-25-33)30(3)57-7)42-36-24-44(5,6)28-58-29-45(27-54)14-11-16-53(49-45)43(56)37(47-31(4)55)23-40-48-38(26-59-40)32-12-13-39(34(36)21-32)52(42)9-2/h12-13,21-22,25-27,30,37,49H,8-11,14-20,23-24,28-29H2,1-7H3,(H,47,55)/t30-,37-,45-/m0/s1. The largest absolute Gasteiger partial charge is 0.378 e. The van der Waals surface area contributed by atoms with Gasteiger partial charge in [0.2, 0.25) is 5.91 Å². The summed E-state index contributed by atoms with van der Waals surface area (Å²) in [5.74, 6) is -0.617. The summed E-state index contributed by atoms with van der Waals surface area (Å²) in [6, 6.07) is 8.06. The van der Waals surface area contributed by atoms with Crippen molar-refractivity contribution in [3.05, 3.63) is 52.1 Å². The molecule has 0 aliphatic carbocycles. The van der Waals surface area contributed by atoms with E-state index in [4.69, 9.17) is 19.4 Å². The van der Waals surface area contributed by atoms with Gasteiger partial charge in [-0.15, -0.1) is 11.3 Å². The molecule has 1 aromatic carbocycles. The fraction of sp³-hybridized carbons (Fsp3) is 0.578. The van der Waals surface area contributed by atoms with Gasteiger partial charge in [0.05, 0.1) is 53.3 Å². The van der Waals surface area contributed by atoms with Gasteiger partial charge < -0.3 is 29.1 Å². The lowest BCUT2D eigenvalue weighted by atomic mass is 9.84. The SMILES string of the molecule is CCCCN1CCN(c2cnc([C@H](C)OC)c(-c3c4c5cc(ccc5n3CC)-c3csc(n3)C[C@H](NC(C)=O)C(=O)N3CCC[C@](C=O)(COCC(C)(C)C4)N3)c2)CC1. The van der Waals surface area contributed by atoms with Crippen molar-refractivity contribution in [2.45, 2.75) is 104 Å². The van der Waals surface area contributed by atoms with Crippen molar-refractivity contribution in [2.24, 2.45) is 5.41 Å². The van der Waals surface area contributed by atoms with E-state index in [0.29, 0.717) is 32.4 Å². The van der Waals surface area contributed by atoms with Gasteiger partial charge in [-0.2, -0.15) is 0 Å². The number of hydrogen-bond acceptors (Lipinski definition) is 11. The molecule has 6 bridgehead atoms. The number of carbonyl (C=O) groups is 3. The molecule has 4 aromatic rings. The molecule has 2 amide bonds. The molecule has 2 fully saturated rings. The molecule has 3 aliphatic heterocycles. The number of aldehydes is 1.